The summed E-state index contributed by atoms with van der Waals surface area (Å²) in [4.78, 5) is 37.8. The number of nitrogens with zero attached hydrogens (tertiary/aromatic N) is 1. The maximum atomic E-state index is 13.6. The number of carbonyl (C=O) groups is 3. The molecule has 0 atom stereocenters. The first-order valence-corrected chi connectivity index (χ1v) is 9.43. The zero-order chi connectivity index (χ0) is 22.8. The van der Waals surface area contributed by atoms with Gasteiger partial charge in [0.25, 0.3) is 17.6 Å². The molecular weight excluding hydrogens is 385 g/mol. The summed E-state index contributed by atoms with van der Waals surface area (Å²) in [6.07, 6.45) is 5.11. The molecule has 0 aliphatic carbocycles. The molecule has 0 saturated heterocycles. The van der Waals surface area contributed by atoms with Gasteiger partial charge in [0.1, 0.15) is 11.5 Å². The van der Waals surface area contributed by atoms with Gasteiger partial charge < -0.3 is 15.2 Å². The van der Waals surface area contributed by atoms with E-state index < -0.39 is 23.1 Å². The average Bonchev–Trinajstić information content (AvgIpc) is 2.89. The Bertz CT molecular complexity index is 1070. The van der Waals surface area contributed by atoms with Crippen LogP contribution in [0.15, 0.2) is 18.2 Å². The largest absolute Gasteiger partial charge is 0.343 e. The Kier molecular flexibility index (Phi) is 6.51. The van der Waals surface area contributed by atoms with Crippen LogP contribution in [0.2, 0.25) is 0 Å². The standard InChI is InChI=1S/C23H26FN3O3/c1-8-11-25-22(30)20(28)18-14(3)19(27(7)15(18)4)21(29)26-23(5,6)16-9-10-17(24)13(2)12-16/h1,9-10,12H,11H2,2-7H3,(H,25,30)(H,26,29). The number of benzene rings is 1. The van der Waals surface area contributed by atoms with Crippen molar-refractivity contribution in [3.63, 3.8) is 0 Å². The van der Waals surface area contributed by atoms with Crippen molar-refractivity contribution in [2.45, 2.75) is 40.2 Å². The Morgan fingerprint density at radius 1 is 1.20 bits per heavy atom. The van der Waals surface area contributed by atoms with Crippen molar-refractivity contribution in [2.24, 2.45) is 7.05 Å². The maximum absolute atomic E-state index is 13.6. The van der Waals surface area contributed by atoms with Gasteiger partial charge in [0, 0.05) is 12.7 Å². The molecule has 0 aliphatic heterocycles. The Balaban J connectivity index is 2.38. The van der Waals surface area contributed by atoms with Crippen LogP contribution >= 0.6 is 0 Å². The lowest BCUT2D eigenvalue weighted by Gasteiger charge is -2.27. The number of halogens is 1. The fourth-order valence-electron chi connectivity index (χ4n) is 3.41. The Hall–Kier alpha value is -3.40. The molecule has 2 amide bonds. The molecule has 0 unspecified atom stereocenters. The van der Waals surface area contributed by atoms with Crippen molar-refractivity contribution >= 4 is 17.6 Å². The first kappa shape index (κ1) is 22.9. The van der Waals surface area contributed by atoms with Gasteiger partial charge in [0.15, 0.2) is 0 Å². The second kappa shape index (κ2) is 8.54. The third-order valence-corrected chi connectivity index (χ3v) is 5.24. The number of Topliss-reactive ketones (excluding diaryl/α,β-unsaturated/α-hetero) is 1. The Labute approximate surface area is 175 Å². The number of amides is 2. The van der Waals surface area contributed by atoms with Gasteiger partial charge in [0.2, 0.25) is 0 Å². The molecule has 2 rings (SSSR count). The van der Waals surface area contributed by atoms with E-state index in [9.17, 15) is 18.8 Å². The lowest BCUT2D eigenvalue weighted by atomic mass is 9.92. The second-order valence-corrected chi connectivity index (χ2v) is 7.75. The first-order valence-electron chi connectivity index (χ1n) is 9.43. The van der Waals surface area contributed by atoms with Gasteiger partial charge >= 0.3 is 0 Å². The molecule has 1 aromatic carbocycles. The van der Waals surface area contributed by atoms with Crippen LogP contribution in [0.5, 0.6) is 0 Å². The molecule has 2 aromatic rings. The minimum absolute atomic E-state index is 0.0614. The topological polar surface area (TPSA) is 80.2 Å². The monoisotopic (exact) mass is 411 g/mol. The second-order valence-electron chi connectivity index (χ2n) is 7.75. The van der Waals surface area contributed by atoms with E-state index in [0.717, 1.165) is 5.56 Å². The summed E-state index contributed by atoms with van der Waals surface area (Å²) in [5, 5.41) is 5.29. The summed E-state index contributed by atoms with van der Waals surface area (Å²) in [5.41, 5.74) is 1.76. The predicted molar refractivity (Wildman–Crippen MR) is 113 cm³/mol. The molecule has 158 valence electrons. The fraction of sp³-hybridized carbons (Fsp3) is 0.348. The molecule has 7 heteroatoms. The van der Waals surface area contributed by atoms with E-state index in [-0.39, 0.29) is 23.6 Å². The van der Waals surface area contributed by atoms with Crippen molar-refractivity contribution in [1.82, 2.24) is 15.2 Å². The van der Waals surface area contributed by atoms with Crippen LogP contribution in [-0.4, -0.2) is 28.7 Å². The van der Waals surface area contributed by atoms with Crippen molar-refractivity contribution in [1.29, 1.82) is 0 Å². The van der Waals surface area contributed by atoms with Gasteiger partial charge in [-0.05, 0) is 57.4 Å². The van der Waals surface area contributed by atoms with E-state index in [2.05, 4.69) is 16.6 Å². The van der Waals surface area contributed by atoms with Crippen molar-refractivity contribution in [3.8, 4) is 12.3 Å². The summed E-state index contributed by atoms with van der Waals surface area (Å²) in [5.74, 6) is -0.0543. The summed E-state index contributed by atoms with van der Waals surface area (Å²) >= 11 is 0. The molecule has 0 radical (unpaired) electrons. The van der Waals surface area contributed by atoms with Gasteiger partial charge in [-0.2, -0.15) is 0 Å². The summed E-state index contributed by atoms with van der Waals surface area (Å²) in [6, 6.07) is 4.67. The van der Waals surface area contributed by atoms with Crippen LogP contribution in [0.3, 0.4) is 0 Å². The number of terminal acetylenes is 1. The van der Waals surface area contributed by atoms with Crippen LogP contribution < -0.4 is 10.6 Å². The maximum Gasteiger partial charge on any atom is 0.293 e. The Morgan fingerprint density at radius 2 is 1.83 bits per heavy atom. The summed E-state index contributed by atoms with van der Waals surface area (Å²) in [7, 11) is 1.66. The van der Waals surface area contributed by atoms with Crippen molar-refractivity contribution in [3.05, 3.63) is 57.7 Å². The highest BCUT2D eigenvalue weighted by Gasteiger charge is 2.31. The highest BCUT2D eigenvalue weighted by atomic mass is 19.1. The van der Waals surface area contributed by atoms with Crippen LogP contribution in [0, 0.1) is 38.9 Å². The molecule has 0 aliphatic rings. The highest BCUT2D eigenvalue weighted by molar-refractivity contribution is 6.43. The Morgan fingerprint density at radius 3 is 2.40 bits per heavy atom. The van der Waals surface area contributed by atoms with Crippen LogP contribution in [-0.2, 0) is 17.4 Å². The molecule has 1 aromatic heterocycles. The number of aryl methyl sites for hydroxylation is 1. The van der Waals surface area contributed by atoms with Gasteiger partial charge in [-0.3, -0.25) is 14.4 Å². The number of carbonyl (C=O) groups excluding carboxylic acids is 3. The van der Waals surface area contributed by atoms with Crippen LogP contribution in [0.1, 0.15) is 57.1 Å². The summed E-state index contributed by atoms with van der Waals surface area (Å²) < 4.78 is 15.2. The fourth-order valence-corrected chi connectivity index (χ4v) is 3.41. The lowest BCUT2D eigenvalue weighted by Crippen LogP contribution is -2.42. The zero-order valence-corrected chi connectivity index (χ0v) is 18.1. The molecule has 0 bridgehead atoms. The highest BCUT2D eigenvalue weighted by Crippen LogP contribution is 2.26. The van der Waals surface area contributed by atoms with E-state index in [1.807, 2.05) is 13.8 Å². The molecule has 0 spiro atoms. The number of ketones is 1. The van der Waals surface area contributed by atoms with Gasteiger partial charge in [-0.15, -0.1) is 6.42 Å². The minimum Gasteiger partial charge on any atom is -0.343 e. The van der Waals surface area contributed by atoms with E-state index in [4.69, 9.17) is 6.42 Å². The van der Waals surface area contributed by atoms with Gasteiger partial charge in [-0.1, -0.05) is 18.1 Å². The summed E-state index contributed by atoms with van der Waals surface area (Å²) in [6.45, 7) is 8.50. The SMILES string of the molecule is C#CCNC(=O)C(=O)c1c(C)c(C(=O)NC(C)(C)c2ccc(F)c(C)c2)n(C)c1C. The minimum atomic E-state index is -0.821. The van der Waals surface area contributed by atoms with Crippen molar-refractivity contribution in [2.75, 3.05) is 6.54 Å². The number of nitrogens with one attached hydrogen (secondary N) is 2. The van der Waals surface area contributed by atoms with Crippen molar-refractivity contribution < 1.29 is 18.8 Å². The normalized spacial score (nSPS) is 11.0. The van der Waals surface area contributed by atoms with Crippen LogP contribution in [0.4, 0.5) is 4.39 Å². The molecule has 30 heavy (non-hydrogen) atoms. The quantitative estimate of drug-likeness (QED) is 0.436. The number of hydrogen-bond acceptors (Lipinski definition) is 3. The number of rotatable bonds is 6. The van der Waals surface area contributed by atoms with E-state index >= 15 is 0 Å². The average molecular weight is 411 g/mol. The van der Waals surface area contributed by atoms with E-state index in [1.165, 1.54) is 6.07 Å². The zero-order valence-electron chi connectivity index (χ0n) is 18.1. The first-order chi connectivity index (χ1) is 13.9. The van der Waals surface area contributed by atoms with Gasteiger partial charge in [-0.25, -0.2) is 4.39 Å². The third-order valence-electron chi connectivity index (χ3n) is 5.24. The molecule has 2 N–H and O–H groups in total. The smallest absolute Gasteiger partial charge is 0.293 e. The molecule has 0 fully saturated rings. The number of hydrogen-bond donors (Lipinski definition) is 2. The van der Waals surface area contributed by atoms with E-state index in [1.54, 1.807) is 44.5 Å². The molecule has 6 nitrogen and oxygen atoms in total. The lowest BCUT2D eigenvalue weighted by molar-refractivity contribution is -0.116. The van der Waals surface area contributed by atoms with E-state index in [0.29, 0.717) is 16.8 Å². The van der Waals surface area contributed by atoms with Gasteiger partial charge in [0.05, 0.1) is 17.6 Å². The molecular formula is C23H26FN3O3. The van der Waals surface area contributed by atoms with Crippen LogP contribution in [0.25, 0.3) is 0 Å². The number of aromatic nitrogens is 1. The third kappa shape index (κ3) is 4.28. The predicted octanol–water partition coefficient (Wildman–Crippen LogP) is 2.69. The molecule has 1 heterocycles. The molecule has 0 saturated carbocycles.